The van der Waals surface area contributed by atoms with Crippen LogP contribution in [0.2, 0.25) is 0 Å². The Balaban J connectivity index is -0.000000163. The molecule has 1 aliphatic carbocycles. The van der Waals surface area contributed by atoms with Crippen molar-refractivity contribution in [3.63, 3.8) is 0 Å². The van der Waals surface area contributed by atoms with Crippen molar-refractivity contribution in [3.8, 4) is 0 Å². The minimum absolute atomic E-state index is 0. The van der Waals surface area contributed by atoms with Gasteiger partial charge in [0.2, 0.25) is 0 Å². The number of phosphoric ester groups is 4. The molecule has 18 nitrogen and oxygen atoms in total. The van der Waals surface area contributed by atoms with E-state index in [2.05, 4.69) is 18.1 Å². The Bertz CT molecular complexity index is 692. The second-order valence-electron chi connectivity index (χ2n) is 5.05. The fourth-order valence-electron chi connectivity index (χ4n) is 2.23. The van der Waals surface area contributed by atoms with Crippen molar-refractivity contribution in [1.82, 2.24) is 0 Å². The normalized spacial score (nSPS) is 25.7. The average Bonchev–Trinajstić information content (AvgIpc) is 2.39. The molecule has 36 heavy (non-hydrogen) atoms. The van der Waals surface area contributed by atoms with E-state index < -0.39 is 67.9 Å². The predicted octanol–water partition coefficient (Wildman–Crippen LogP) is -32.4. The van der Waals surface area contributed by atoms with Crippen molar-refractivity contribution in [2.45, 2.75) is 36.6 Å². The van der Waals surface area contributed by atoms with Crippen LogP contribution in [0, 0.1) is 0 Å². The van der Waals surface area contributed by atoms with Crippen LogP contribution in [0.25, 0.3) is 0 Å². The fourth-order valence-corrected chi connectivity index (χ4v) is 4.39. The molecule has 0 aromatic heterocycles. The maximum absolute atomic E-state index is 10.8. The van der Waals surface area contributed by atoms with E-state index in [0.29, 0.717) is 0 Å². The molecule has 1 aliphatic rings. The zero-order valence-corrected chi connectivity index (χ0v) is 40.3. The van der Waals surface area contributed by atoms with Crippen LogP contribution in [0.1, 0.15) is 0 Å². The van der Waals surface area contributed by atoms with Gasteiger partial charge in [0.05, 0.1) is 31.3 Å². The zero-order chi connectivity index (χ0) is 22.3. The number of hydrogen-bond acceptors (Lipinski definition) is 18. The summed E-state index contributed by atoms with van der Waals surface area (Å²) in [5, 5.41) is 19.5. The molecule has 0 heterocycles. The zero-order valence-electron chi connectivity index (χ0n) is 20.7. The summed E-state index contributed by atoms with van der Waals surface area (Å²) >= 11 is 0. The second-order valence-corrected chi connectivity index (χ2v) is 9.47. The van der Waals surface area contributed by atoms with Crippen molar-refractivity contribution in [1.29, 1.82) is 0 Å². The van der Waals surface area contributed by atoms with Gasteiger partial charge in [-0.2, -0.15) is 0 Å². The van der Waals surface area contributed by atoms with Crippen LogP contribution in [0.15, 0.2) is 0 Å². The quantitative estimate of drug-likeness (QED) is 0.178. The summed E-state index contributed by atoms with van der Waals surface area (Å²) < 4.78 is 58.0. The topological polar surface area (TPSA) is 330 Å². The monoisotopic (exact) mass is 676 g/mol. The number of phosphoric acid groups is 4. The Hall–Kier alpha value is 8.36. The summed E-state index contributed by atoms with van der Waals surface area (Å²) in [4.78, 5) is 86.3. The van der Waals surface area contributed by atoms with E-state index in [-0.39, 0.29) is 236 Å². The van der Waals surface area contributed by atoms with Gasteiger partial charge in [-0.25, -0.2) is 0 Å². The van der Waals surface area contributed by atoms with E-state index in [1.807, 2.05) is 0 Å². The van der Waals surface area contributed by atoms with Gasteiger partial charge in [-0.05, 0) is 0 Å². The van der Waals surface area contributed by atoms with Crippen molar-refractivity contribution in [2.75, 3.05) is 0 Å². The molecule has 0 aromatic carbocycles. The first kappa shape index (κ1) is 63.1. The summed E-state index contributed by atoms with van der Waals surface area (Å²) in [7, 11) is -24.9. The molecule has 30 heteroatoms. The van der Waals surface area contributed by atoms with Crippen LogP contribution in [0.3, 0.4) is 0 Å². The Labute approximate surface area is 381 Å². The van der Waals surface area contributed by atoms with Gasteiger partial charge in [0, 0.05) is 0 Å². The second kappa shape index (κ2) is 26.3. The summed E-state index contributed by atoms with van der Waals surface area (Å²) in [5.41, 5.74) is 0. The van der Waals surface area contributed by atoms with Gasteiger partial charge < -0.3 is 85.7 Å². The molecule has 6 atom stereocenters. The van der Waals surface area contributed by atoms with Gasteiger partial charge in [0.15, 0.2) is 0 Å². The van der Waals surface area contributed by atoms with E-state index in [1.54, 1.807) is 0 Å². The molecule has 1 rings (SSSR count). The first-order chi connectivity index (χ1) is 12.2. The molecule has 168 valence electrons. The fraction of sp³-hybridized carbons (Fsp3) is 1.00. The Morgan fingerprint density at radius 2 is 0.528 bits per heavy atom. The van der Waals surface area contributed by atoms with E-state index >= 15 is 0 Å². The Morgan fingerprint density at radius 1 is 0.389 bits per heavy atom. The van der Waals surface area contributed by atoms with Gasteiger partial charge in [-0.1, -0.05) is 0 Å². The van der Waals surface area contributed by atoms with E-state index in [1.165, 1.54) is 0 Å². The third-order valence-corrected chi connectivity index (χ3v) is 5.00. The van der Waals surface area contributed by atoms with E-state index in [0.717, 1.165) is 0 Å². The minimum Gasteiger partial charge on any atom is -0.790 e. The van der Waals surface area contributed by atoms with Crippen molar-refractivity contribution >= 4 is 31.3 Å². The summed E-state index contributed by atoms with van der Waals surface area (Å²) in [5.74, 6) is 0. The van der Waals surface area contributed by atoms with E-state index in [4.69, 9.17) is 0 Å². The standard InChI is InChI=1S/C6H16O18P4.8Na/c7-1-2(8)4(22-26(12,13)14)6(24-28(18,19)20)5(23-27(15,16)17)3(1)21-25(9,10)11;;;;;;;;/h1-8H,(H2,9,10,11)(H2,12,13,14)(H2,15,16,17)(H2,18,19,20);;;;;;;;/q;8*+1/p-8/t1-,2+,3-,4-,5+,6+;;;;;;;;/m0......../s1. The van der Waals surface area contributed by atoms with Crippen molar-refractivity contribution in [3.05, 3.63) is 0 Å². The van der Waals surface area contributed by atoms with Crippen molar-refractivity contribution < 1.29 is 322 Å². The van der Waals surface area contributed by atoms with Crippen molar-refractivity contribution in [2.24, 2.45) is 0 Å². The maximum Gasteiger partial charge on any atom is 1.00 e. The van der Waals surface area contributed by atoms with Crippen LogP contribution in [0.5, 0.6) is 0 Å². The molecule has 0 unspecified atom stereocenters. The molecule has 2 N–H and O–H groups in total. The third kappa shape index (κ3) is 26.4. The minimum atomic E-state index is -6.28. The first-order valence-electron chi connectivity index (χ1n) is 6.38. The predicted molar refractivity (Wildman–Crippen MR) is 61.9 cm³/mol. The molecule has 0 aromatic rings. The number of aliphatic hydroxyl groups is 2. The smallest absolute Gasteiger partial charge is 0.790 e. The van der Waals surface area contributed by atoms with Gasteiger partial charge in [0.25, 0.3) is 0 Å². The molecule has 0 bridgehead atoms. The van der Waals surface area contributed by atoms with Gasteiger partial charge in [-0.3, -0.25) is 0 Å². The molecule has 0 aliphatic heterocycles. The summed E-state index contributed by atoms with van der Waals surface area (Å²) in [6, 6.07) is 0. The third-order valence-electron chi connectivity index (χ3n) is 3.00. The molecule has 0 saturated heterocycles. The maximum atomic E-state index is 10.8. The molecule has 0 amide bonds. The molecule has 1 saturated carbocycles. The number of rotatable bonds is 8. The number of hydrogen-bond donors (Lipinski definition) is 2. The van der Waals surface area contributed by atoms with Crippen LogP contribution in [-0.4, -0.2) is 46.8 Å². The molecule has 0 radical (unpaired) electrons. The summed E-state index contributed by atoms with van der Waals surface area (Å²) in [6.45, 7) is 0. The van der Waals surface area contributed by atoms with Gasteiger partial charge >= 0.3 is 236 Å². The Kier molecular flexibility index (Phi) is 46.1. The number of aliphatic hydroxyl groups excluding tert-OH is 2. The van der Waals surface area contributed by atoms with Crippen LogP contribution >= 0.6 is 31.3 Å². The molecule has 1 fully saturated rings. The first-order valence-corrected chi connectivity index (χ1v) is 12.2. The van der Waals surface area contributed by atoms with Gasteiger partial charge in [0.1, 0.15) is 36.6 Å². The Morgan fingerprint density at radius 3 is 0.667 bits per heavy atom. The van der Waals surface area contributed by atoms with Crippen LogP contribution in [-0.2, 0) is 36.4 Å². The van der Waals surface area contributed by atoms with Gasteiger partial charge in [-0.15, -0.1) is 0 Å². The largest absolute Gasteiger partial charge is 1.00 e. The van der Waals surface area contributed by atoms with E-state index in [9.17, 15) is 67.6 Å². The summed E-state index contributed by atoms with van der Waals surface area (Å²) in [6.07, 6.45) is -17.6. The van der Waals surface area contributed by atoms with Crippen LogP contribution in [0.4, 0.5) is 0 Å². The molecule has 0 spiro atoms. The van der Waals surface area contributed by atoms with Crippen LogP contribution < -0.4 is 276 Å². The SMILES string of the molecule is O=P([O-])([O-])O[C@H]1[C@H](OP(=O)([O-])[O-])[C@@H](OP(=O)([O-])[O-])[C@@H](O)[C@@H](O)[C@@H]1OP(=O)([O-])[O-].[Na+].[Na+].[Na+].[Na+].[Na+].[Na+].[Na+].[Na+]. The molecular formula is C6H8Na8O18P4. The molecular weight excluding hydrogens is 668 g/mol. The average molecular weight is 676 g/mol.